The highest BCUT2D eigenvalue weighted by molar-refractivity contribution is 6.08. The third-order valence-corrected chi connectivity index (χ3v) is 14.4. The summed E-state index contributed by atoms with van der Waals surface area (Å²) in [7, 11) is 6.64. The lowest BCUT2D eigenvalue weighted by Gasteiger charge is -2.22. The molecule has 28 nitrogen and oxygen atoms in total. The summed E-state index contributed by atoms with van der Waals surface area (Å²) in [5.74, 6) is -5.93. The molecule has 0 heterocycles. The number of ether oxygens (including phenoxy) is 5. The van der Waals surface area contributed by atoms with Crippen LogP contribution < -0.4 is 90.2 Å². The molecule has 91 heavy (non-hydrogen) atoms. The lowest BCUT2D eigenvalue weighted by Crippen LogP contribution is -2.44. The highest BCUT2D eigenvalue weighted by Gasteiger charge is 2.29. The molecule has 9 amide bonds. The van der Waals surface area contributed by atoms with Crippen molar-refractivity contribution in [2.45, 2.75) is 127 Å². The van der Waals surface area contributed by atoms with Gasteiger partial charge in [0.2, 0.25) is 29.5 Å². The third kappa shape index (κ3) is 24.2. The number of hydrogen-bond acceptors (Lipinski definition) is 19. The number of unbranched alkanes of at least 4 members (excludes halogenated alkanes) is 5. The van der Waals surface area contributed by atoms with Crippen LogP contribution in [0.25, 0.3) is 0 Å². The maximum absolute atomic E-state index is 14.3. The number of anilines is 4. The molecule has 28 heteroatoms. The number of rotatable bonds is 41. The highest BCUT2D eigenvalue weighted by Crippen LogP contribution is 2.28. The van der Waals surface area contributed by atoms with Crippen LogP contribution in [-0.4, -0.2) is 145 Å². The van der Waals surface area contributed by atoms with Gasteiger partial charge < -0.3 is 94.9 Å². The van der Waals surface area contributed by atoms with Crippen LogP contribution in [0.4, 0.5) is 22.7 Å². The second kappa shape index (κ2) is 39.6. The zero-order chi connectivity index (χ0) is 66.8. The molecule has 0 bridgehead atoms. The summed E-state index contributed by atoms with van der Waals surface area (Å²) in [4.78, 5) is 135. The van der Waals surface area contributed by atoms with E-state index < -0.39 is 83.3 Å². The van der Waals surface area contributed by atoms with Crippen molar-refractivity contribution in [2.24, 2.45) is 28.7 Å². The maximum Gasteiger partial charge on any atom is 0.305 e. The van der Waals surface area contributed by atoms with Gasteiger partial charge in [0.25, 0.3) is 23.6 Å². The second-order valence-electron chi connectivity index (χ2n) is 21.1. The van der Waals surface area contributed by atoms with E-state index in [9.17, 15) is 47.9 Å². The minimum Gasteiger partial charge on any atom is -0.496 e. The molecular formula is C63H89N13O15. The number of nitrogens with one attached hydrogen (secondary N) is 8. The first-order valence-corrected chi connectivity index (χ1v) is 30.1. The Morgan fingerprint density at radius 2 is 0.648 bits per heavy atom. The van der Waals surface area contributed by atoms with E-state index in [2.05, 4.69) is 47.3 Å². The minimum absolute atomic E-state index is 0.0246. The zero-order valence-corrected chi connectivity index (χ0v) is 52.4. The smallest absolute Gasteiger partial charge is 0.305 e. The number of carbonyl (C=O) groups is 10. The van der Waals surface area contributed by atoms with Crippen molar-refractivity contribution in [3.63, 3.8) is 0 Å². The van der Waals surface area contributed by atoms with Gasteiger partial charge in [-0.05, 0) is 176 Å². The lowest BCUT2D eigenvalue weighted by atomic mass is 10.0. The van der Waals surface area contributed by atoms with Gasteiger partial charge >= 0.3 is 5.97 Å². The fraction of sp³-hybridized carbons (Fsp3) is 0.460. The summed E-state index contributed by atoms with van der Waals surface area (Å²) in [6, 6.07) is 12.8. The molecule has 4 rings (SSSR count). The number of methoxy groups -OCH3 is 5. The number of amides is 9. The van der Waals surface area contributed by atoms with Crippen molar-refractivity contribution < 1.29 is 71.6 Å². The monoisotopic (exact) mass is 1270 g/mol. The molecule has 4 atom stereocenters. The van der Waals surface area contributed by atoms with Crippen LogP contribution in [0.15, 0.2) is 72.8 Å². The van der Waals surface area contributed by atoms with Crippen LogP contribution in [-0.2, 0) is 33.5 Å². The molecule has 0 aliphatic rings. The van der Waals surface area contributed by atoms with E-state index in [1.165, 1.54) is 108 Å². The van der Waals surface area contributed by atoms with Crippen LogP contribution in [0.5, 0.6) is 23.0 Å². The molecule has 0 radical (unpaired) electrons. The summed E-state index contributed by atoms with van der Waals surface area (Å²) in [6.45, 7) is 1.39. The second-order valence-corrected chi connectivity index (χ2v) is 21.1. The van der Waals surface area contributed by atoms with E-state index in [1.54, 1.807) is 0 Å². The summed E-state index contributed by atoms with van der Waals surface area (Å²) in [6.07, 6.45) is 5.72. The average molecular weight is 1270 g/mol. The molecule has 0 fully saturated rings. The average Bonchev–Trinajstić information content (AvgIpc) is 3.64. The first-order valence-electron chi connectivity index (χ1n) is 30.1. The summed E-state index contributed by atoms with van der Waals surface area (Å²) in [5.41, 5.74) is 29.1. The van der Waals surface area contributed by atoms with Crippen molar-refractivity contribution >= 4 is 81.9 Å². The summed E-state index contributed by atoms with van der Waals surface area (Å²) in [5, 5.41) is 22.1. The molecule has 496 valence electrons. The fourth-order valence-corrected chi connectivity index (χ4v) is 9.48. The molecule has 0 saturated heterocycles. The van der Waals surface area contributed by atoms with Crippen molar-refractivity contribution in [3.05, 3.63) is 95.1 Å². The van der Waals surface area contributed by atoms with Crippen LogP contribution in [0.2, 0.25) is 0 Å². The Kier molecular flexibility index (Phi) is 32.2. The molecule has 0 aliphatic heterocycles. The standard InChI is InChI=1S/C63H89N13O15/c1-87-50-26-22-38(34-42(50)56(68)79)69-61(84)47(16-7-6-11-30-64)74-57(80)44-36-40(24-28-52(44)89-3)71-63(86)49(19-10-14-33-67)76-59(82)45-37-41(25-29-53(45)90-4)72-62(85)48(18-9-13-32-66)75-58(81)43-35-39(23-27-51(43)88-2)70-60(83)46(17-8-12-31-65)73-54(77)20-15-21-55(78)91-5/h22-29,34-37,46-49H,6-21,30-33,64-67H2,1-5H3,(H2,68,79)(H,69,84)(H,70,83)(H,71,86)(H,72,85)(H,73,77)(H,74,80)(H,75,81)(H,76,82)/t46-,47-,48-,49-/m0/s1. The SMILES string of the molecule is COC(=O)CCCC(=O)N[C@@H](CCCCN)C(=O)Nc1ccc(OC)c(C(=O)N[C@@H](CCCCN)C(=O)Nc2ccc(OC)c(C(=O)N[C@@H](CCCCN)C(=O)Nc3ccc(OC)c(C(=O)N[C@@H](CCCCCN)C(=O)Nc4ccc(OC)c(C(N)=O)c4)c3)c2)c1. The van der Waals surface area contributed by atoms with Crippen molar-refractivity contribution in [1.29, 1.82) is 0 Å². The van der Waals surface area contributed by atoms with Gasteiger partial charge in [-0.2, -0.15) is 0 Å². The van der Waals surface area contributed by atoms with Gasteiger partial charge in [-0.1, -0.05) is 12.8 Å². The first kappa shape index (κ1) is 74.1. The van der Waals surface area contributed by atoms with Crippen molar-refractivity contribution in [1.82, 2.24) is 21.3 Å². The summed E-state index contributed by atoms with van der Waals surface area (Å²) >= 11 is 0. The Bertz CT molecular complexity index is 3130. The van der Waals surface area contributed by atoms with E-state index in [1.807, 2.05) is 0 Å². The van der Waals surface area contributed by atoms with Crippen LogP contribution in [0.1, 0.15) is 144 Å². The first-order chi connectivity index (χ1) is 43.8. The predicted octanol–water partition coefficient (Wildman–Crippen LogP) is 3.70. The lowest BCUT2D eigenvalue weighted by molar-refractivity contribution is -0.141. The number of hydrogen-bond donors (Lipinski definition) is 13. The molecule has 0 unspecified atom stereocenters. The minimum atomic E-state index is -1.19. The number of benzene rings is 4. The molecule has 0 saturated carbocycles. The molecular weight excluding hydrogens is 1180 g/mol. The molecule has 4 aromatic rings. The Balaban J connectivity index is 1.55. The van der Waals surface area contributed by atoms with Gasteiger partial charge in [0, 0.05) is 35.6 Å². The van der Waals surface area contributed by atoms with Gasteiger partial charge in [0.1, 0.15) is 47.2 Å². The topological polar surface area (TPSA) is 443 Å². The number of carbonyl (C=O) groups excluding carboxylic acids is 10. The highest BCUT2D eigenvalue weighted by atomic mass is 16.5. The molecule has 0 spiro atoms. The van der Waals surface area contributed by atoms with E-state index in [0.717, 1.165) is 0 Å². The fourth-order valence-electron chi connectivity index (χ4n) is 9.48. The van der Waals surface area contributed by atoms with E-state index in [4.69, 9.17) is 47.6 Å². The maximum atomic E-state index is 14.3. The van der Waals surface area contributed by atoms with E-state index >= 15 is 0 Å². The zero-order valence-electron chi connectivity index (χ0n) is 52.4. The van der Waals surface area contributed by atoms with Crippen molar-refractivity contribution in [3.8, 4) is 23.0 Å². The van der Waals surface area contributed by atoms with Gasteiger partial charge in [0.15, 0.2) is 0 Å². The van der Waals surface area contributed by atoms with Gasteiger partial charge in [0.05, 0.1) is 57.8 Å². The Hall–Kier alpha value is -9.38. The van der Waals surface area contributed by atoms with Gasteiger partial charge in [-0.25, -0.2) is 0 Å². The molecule has 0 aromatic heterocycles. The van der Waals surface area contributed by atoms with Crippen molar-refractivity contribution in [2.75, 3.05) is 83.0 Å². The van der Waals surface area contributed by atoms with Crippen LogP contribution in [0.3, 0.4) is 0 Å². The summed E-state index contributed by atoms with van der Waals surface area (Å²) < 4.78 is 26.5. The third-order valence-electron chi connectivity index (χ3n) is 14.4. The quantitative estimate of drug-likeness (QED) is 0.0222. The predicted molar refractivity (Wildman–Crippen MR) is 343 cm³/mol. The Morgan fingerprint density at radius 1 is 0.363 bits per heavy atom. The van der Waals surface area contributed by atoms with Crippen LogP contribution >= 0.6 is 0 Å². The van der Waals surface area contributed by atoms with E-state index in [-0.39, 0.29) is 113 Å². The molecule has 4 aromatic carbocycles. The number of primary amides is 1. The largest absolute Gasteiger partial charge is 0.496 e. The normalized spacial score (nSPS) is 12.1. The van der Waals surface area contributed by atoms with Gasteiger partial charge in [-0.15, -0.1) is 0 Å². The Morgan fingerprint density at radius 3 is 0.945 bits per heavy atom. The Labute approximate surface area is 529 Å². The number of nitrogens with two attached hydrogens (primary N) is 5. The number of esters is 1. The van der Waals surface area contributed by atoms with Gasteiger partial charge in [-0.3, -0.25) is 47.9 Å². The van der Waals surface area contributed by atoms with E-state index in [0.29, 0.717) is 84.0 Å². The van der Waals surface area contributed by atoms with Crippen LogP contribution in [0, 0.1) is 0 Å². The molecule has 18 N–H and O–H groups in total. The molecule has 0 aliphatic carbocycles.